The number of ether oxygens (including phenoxy) is 1. The quantitative estimate of drug-likeness (QED) is 0.608. The van der Waals surface area contributed by atoms with Crippen LogP contribution in [-0.2, 0) is 0 Å². The highest BCUT2D eigenvalue weighted by atomic mass is 16.5. The van der Waals surface area contributed by atoms with Crippen LogP contribution in [0, 0.1) is 11.8 Å². The van der Waals surface area contributed by atoms with Crippen molar-refractivity contribution in [1.82, 2.24) is 4.98 Å². The molecule has 0 aliphatic rings. The van der Waals surface area contributed by atoms with E-state index in [-0.39, 0.29) is 0 Å². The Bertz CT molecular complexity index is 312. The fourth-order valence-electron chi connectivity index (χ4n) is 0.752. The average molecular weight is 162 g/mol. The molecular weight excluding hydrogens is 152 g/mol. The normalized spacial score (nSPS) is 8.50. The summed E-state index contributed by atoms with van der Waals surface area (Å²) in [5, 5.41) is 0. The zero-order valence-corrected chi connectivity index (χ0v) is 6.87. The number of rotatable bonds is 1. The van der Waals surface area contributed by atoms with E-state index < -0.39 is 0 Å². The van der Waals surface area contributed by atoms with Gasteiger partial charge in [-0.3, -0.25) is 4.98 Å². The molecule has 0 amide bonds. The van der Waals surface area contributed by atoms with Crippen LogP contribution in [0.4, 0.5) is 0 Å². The lowest BCUT2D eigenvalue weighted by molar-refractivity contribution is 0.413. The summed E-state index contributed by atoms with van der Waals surface area (Å²) in [6.45, 7) is 0.358. The molecule has 1 aromatic heterocycles. The Morgan fingerprint density at radius 1 is 1.58 bits per heavy atom. The predicted molar refractivity (Wildman–Crippen MR) is 46.7 cm³/mol. The first-order valence-corrected chi connectivity index (χ1v) is 3.55. The summed E-state index contributed by atoms with van der Waals surface area (Å²) in [7, 11) is 1.59. The van der Waals surface area contributed by atoms with Gasteiger partial charge in [0.25, 0.3) is 0 Å². The van der Waals surface area contributed by atoms with Gasteiger partial charge in [-0.25, -0.2) is 0 Å². The summed E-state index contributed by atoms with van der Waals surface area (Å²) in [5.41, 5.74) is 6.04. The maximum absolute atomic E-state index is 5.22. The van der Waals surface area contributed by atoms with E-state index in [4.69, 9.17) is 10.5 Å². The van der Waals surface area contributed by atoms with Gasteiger partial charge < -0.3 is 10.5 Å². The van der Waals surface area contributed by atoms with Crippen molar-refractivity contribution in [3.63, 3.8) is 0 Å². The Balaban J connectivity index is 2.86. The van der Waals surface area contributed by atoms with E-state index in [1.165, 1.54) is 0 Å². The van der Waals surface area contributed by atoms with E-state index in [2.05, 4.69) is 16.8 Å². The minimum atomic E-state index is 0.358. The highest BCUT2D eigenvalue weighted by molar-refractivity contribution is 5.36. The number of nitrogens with two attached hydrogens (primary N) is 1. The molecule has 1 rings (SSSR count). The fraction of sp³-hybridized carbons (Fsp3) is 0.222. The van der Waals surface area contributed by atoms with Gasteiger partial charge in [0, 0.05) is 11.8 Å². The summed E-state index contributed by atoms with van der Waals surface area (Å²) in [6, 6.07) is 1.82. The second-order valence-electron chi connectivity index (χ2n) is 2.12. The zero-order valence-electron chi connectivity index (χ0n) is 6.87. The lowest BCUT2D eigenvalue weighted by Gasteiger charge is -1.97. The highest BCUT2D eigenvalue weighted by Crippen LogP contribution is 2.08. The maximum atomic E-state index is 5.22. The molecule has 0 radical (unpaired) electrons. The number of nitrogens with zero attached hydrogens (tertiary/aromatic N) is 1. The first-order chi connectivity index (χ1) is 5.86. The zero-order chi connectivity index (χ0) is 8.81. The summed E-state index contributed by atoms with van der Waals surface area (Å²) < 4.78 is 4.97. The van der Waals surface area contributed by atoms with Crippen molar-refractivity contribution in [2.75, 3.05) is 13.7 Å². The van der Waals surface area contributed by atoms with Gasteiger partial charge in [0.1, 0.15) is 5.75 Å². The van der Waals surface area contributed by atoms with Crippen molar-refractivity contribution in [1.29, 1.82) is 0 Å². The molecule has 3 heteroatoms. The largest absolute Gasteiger partial charge is 0.495 e. The van der Waals surface area contributed by atoms with Crippen molar-refractivity contribution in [2.45, 2.75) is 0 Å². The first kappa shape index (κ1) is 8.57. The molecule has 62 valence electrons. The Morgan fingerprint density at radius 2 is 2.42 bits per heavy atom. The van der Waals surface area contributed by atoms with Crippen LogP contribution >= 0.6 is 0 Å². The Hall–Kier alpha value is -1.53. The van der Waals surface area contributed by atoms with Gasteiger partial charge in [-0.2, -0.15) is 0 Å². The first-order valence-electron chi connectivity index (χ1n) is 3.55. The number of pyridine rings is 1. The Morgan fingerprint density at radius 3 is 3.08 bits per heavy atom. The molecule has 1 aromatic rings. The molecule has 0 unspecified atom stereocenters. The molecule has 0 aliphatic carbocycles. The SMILES string of the molecule is COc1cncc(C#CCN)c1. The minimum Gasteiger partial charge on any atom is -0.495 e. The van der Waals surface area contributed by atoms with Gasteiger partial charge in [-0.1, -0.05) is 11.8 Å². The molecule has 1 heterocycles. The van der Waals surface area contributed by atoms with E-state index in [0.717, 1.165) is 5.56 Å². The molecule has 0 saturated carbocycles. The smallest absolute Gasteiger partial charge is 0.138 e. The van der Waals surface area contributed by atoms with Crippen molar-refractivity contribution in [2.24, 2.45) is 5.73 Å². The molecule has 0 aromatic carbocycles. The van der Waals surface area contributed by atoms with Crippen LogP contribution in [0.1, 0.15) is 5.56 Å². The lowest BCUT2D eigenvalue weighted by Crippen LogP contribution is -1.93. The van der Waals surface area contributed by atoms with E-state index in [1.807, 2.05) is 6.07 Å². The molecule has 12 heavy (non-hydrogen) atoms. The number of hydrogen-bond donors (Lipinski definition) is 1. The fourth-order valence-corrected chi connectivity index (χ4v) is 0.752. The van der Waals surface area contributed by atoms with Crippen LogP contribution in [0.5, 0.6) is 5.75 Å². The Labute approximate surface area is 71.6 Å². The van der Waals surface area contributed by atoms with E-state index in [9.17, 15) is 0 Å². The van der Waals surface area contributed by atoms with Crippen LogP contribution in [-0.4, -0.2) is 18.6 Å². The molecular formula is C9H10N2O. The van der Waals surface area contributed by atoms with E-state index in [0.29, 0.717) is 12.3 Å². The maximum Gasteiger partial charge on any atom is 0.138 e. The minimum absolute atomic E-state index is 0.358. The van der Waals surface area contributed by atoms with Crippen molar-refractivity contribution < 1.29 is 4.74 Å². The average Bonchev–Trinajstić information content (AvgIpc) is 2.15. The third-order valence-corrected chi connectivity index (χ3v) is 1.28. The molecule has 2 N–H and O–H groups in total. The molecule has 0 bridgehead atoms. The molecule has 0 saturated heterocycles. The highest BCUT2D eigenvalue weighted by Gasteiger charge is 1.91. The van der Waals surface area contributed by atoms with Crippen LogP contribution in [0.2, 0.25) is 0 Å². The molecule has 0 spiro atoms. The van der Waals surface area contributed by atoms with Gasteiger partial charge in [0.2, 0.25) is 0 Å². The molecule has 0 fully saturated rings. The number of aromatic nitrogens is 1. The summed E-state index contributed by atoms with van der Waals surface area (Å²) in [4.78, 5) is 3.94. The van der Waals surface area contributed by atoms with Crippen molar-refractivity contribution in [3.05, 3.63) is 24.0 Å². The second kappa shape index (κ2) is 4.37. The van der Waals surface area contributed by atoms with E-state index in [1.54, 1.807) is 19.5 Å². The van der Waals surface area contributed by atoms with Crippen LogP contribution < -0.4 is 10.5 Å². The summed E-state index contributed by atoms with van der Waals surface area (Å²) in [6.07, 6.45) is 3.30. The van der Waals surface area contributed by atoms with Gasteiger partial charge in [-0.05, 0) is 6.07 Å². The third kappa shape index (κ3) is 2.26. The third-order valence-electron chi connectivity index (χ3n) is 1.28. The van der Waals surface area contributed by atoms with Gasteiger partial charge in [0.15, 0.2) is 0 Å². The van der Waals surface area contributed by atoms with Gasteiger partial charge in [0.05, 0.1) is 19.9 Å². The lowest BCUT2D eigenvalue weighted by atomic mass is 10.3. The van der Waals surface area contributed by atoms with Crippen LogP contribution in [0.3, 0.4) is 0 Å². The standard InChI is InChI=1S/C9H10N2O/c1-12-9-5-8(3-2-4-10)6-11-7-9/h5-7H,4,10H2,1H3. The molecule has 3 nitrogen and oxygen atoms in total. The summed E-state index contributed by atoms with van der Waals surface area (Å²) >= 11 is 0. The topological polar surface area (TPSA) is 48.1 Å². The number of hydrogen-bond acceptors (Lipinski definition) is 3. The van der Waals surface area contributed by atoms with Crippen LogP contribution in [0.25, 0.3) is 0 Å². The predicted octanol–water partition coefficient (Wildman–Crippen LogP) is 0.400. The second-order valence-corrected chi connectivity index (χ2v) is 2.12. The van der Waals surface area contributed by atoms with Gasteiger partial charge >= 0.3 is 0 Å². The Kier molecular flexibility index (Phi) is 3.12. The van der Waals surface area contributed by atoms with Gasteiger partial charge in [-0.15, -0.1) is 0 Å². The summed E-state index contributed by atoms with van der Waals surface area (Å²) in [5.74, 6) is 6.31. The molecule has 0 atom stereocenters. The van der Waals surface area contributed by atoms with Crippen molar-refractivity contribution >= 4 is 0 Å². The monoisotopic (exact) mass is 162 g/mol. The molecule has 0 aliphatic heterocycles. The van der Waals surface area contributed by atoms with Crippen molar-refractivity contribution in [3.8, 4) is 17.6 Å². The van der Waals surface area contributed by atoms with E-state index >= 15 is 0 Å². The number of methoxy groups -OCH3 is 1. The van der Waals surface area contributed by atoms with Crippen LogP contribution in [0.15, 0.2) is 18.5 Å².